The van der Waals surface area contributed by atoms with E-state index in [1.807, 2.05) is 0 Å². The van der Waals surface area contributed by atoms with Crippen LogP contribution in [0, 0.1) is 0 Å². The molecule has 0 atom stereocenters. The van der Waals surface area contributed by atoms with Gasteiger partial charge in [0.05, 0.1) is 0 Å². The van der Waals surface area contributed by atoms with Gasteiger partial charge in [-0.05, 0) is 49.6 Å². The number of fused-ring (bicyclic) bond motifs is 1. The van der Waals surface area contributed by atoms with Crippen molar-refractivity contribution in [3.63, 3.8) is 0 Å². The zero-order valence-electron chi connectivity index (χ0n) is 18.1. The molecule has 2 aromatic heterocycles. The van der Waals surface area contributed by atoms with Crippen LogP contribution in [0.25, 0.3) is 0 Å². The molecule has 8 nitrogen and oxygen atoms in total. The number of carbonyl (C=O) groups is 1. The highest BCUT2D eigenvalue weighted by molar-refractivity contribution is 5.91. The normalized spacial score (nSPS) is 14.9. The summed E-state index contributed by atoms with van der Waals surface area (Å²) < 4.78 is 62.1. The maximum Gasteiger partial charge on any atom is 0.435 e. The van der Waals surface area contributed by atoms with Crippen molar-refractivity contribution >= 4 is 5.91 Å². The summed E-state index contributed by atoms with van der Waals surface area (Å²) in [7, 11) is 0. The number of alkyl halides is 3. The van der Waals surface area contributed by atoms with Crippen LogP contribution in [-0.4, -0.2) is 29.0 Å². The summed E-state index contributed by atoms with van der Waals surface area (Å²) in [5.74, 6) is 2.15. The lowest BCUT2D eigenvalue weighted by atomic mass is 10.2. The molecule has 180 valence electrons. The third-order valence-electron chi connectivity index (χ3n) is 5.54. The quantitative estimate of drug-likeness (QED) is 0.457. The van der Waals surface area contributed by atoms with E-state index in [1.54, 1.807) is 30.3 Å². The summed E-state index contributed by atoms with van der Waals surface area (Å²) in [6.45, 7) is 0.855. The fourth-order valence-electron chi connectivity index (χ4n) is 3.67. The Balaban J connectivity index is 1.09. The first-order valence-corrected chi connectivity index (χ1v) is 10.9. The molecule has 1 saturated carbocycles. The SMILES string of the molecule is O=C(NCCCn1nc(C(F)(F)F)cc1C1CC1)c1ccc(COc2ccc3c(c2)OCO3)o1. The Morgan fingerprint density at radius 3 is 2.76 bits per heavy atom. The van der Waals surface area contributed by atoms with Crippen LogP contribution in [0.4, 0.5) is 13.2 Å². The Morgan fingerprint density at radius 1 is 1.15 bits per heavy atom. The van der Waals surface area contributed by atoms with Gasteiger partial charge in [0.1, 0.15) is 18.1 Å². The van der Waals surface area contributed by atoms with Crippen molar-refractivity contribution in [2.75, 3.05) is 13.3 Å². The van der Waals surface area contributed by atoms with Crippen LogP contribution in [0.5, 0.6) is 17.2 Å². The molecule has 0 radical (unpaired) electrons. The number of halogens is 3. The third-order valence-corrected chi connectivity index (χ3v) is 5.54. The van der Waals surface area contributed by atoms with Gasteiger partial charge in [0.25, 0.3) is 5.91 Å². The second-order valence-electron chi connectivity index (χ2n) is 8.13. The van der Waals surface area contributed by atoms with Crippen LogP contribution in [0.3, 0.4) is 0 Å². The lowest BCUT2D eigenvalue weighted by Crippen LogP contribution is -2.25. The maximum absolute atomic E-state index is 13.0. The lowest BCUT2D eigenvalue weighted by Gasteiger charge is -2.07. The standard InChI is InChI=1S/C23H22F3N3O5/c24-23(25,26)21-11-17(14-2-3-14)29(28-21)9-1-8-27-22(30)19-7-5-16(34-19)12-31-15-4-6-18-20(10-15)33-13-32-18/h4-7,10-11,14H,1-3,8-9,12-13H2,(H,27,30). The molecule has 1 N–H and O–H groups in total. The molecule has 0 bridgehead atoms. The van der Waals surface area contributed by atoms with Gasteiger partial charge in [-0.2, -0.15) is 18.3 Å². The predicted molar refractivity (Wildman–Crippen MR) is 112 cm³/mol. The number of amides is 1. The lowest BCUT2D eigenvalue weighted by molar-refractivity contribution is -0.141. The number of aromatic nitrogens is 2. The van der Waals surface area contributed by atoms with Gasteiger partial charge < -0.3 is 23.9 Å². The van der Waals surface area contributed by atoms with E-state index >= 15 is 0 Å². The van der Waals surface area contributed by atoms with Crippen molar-refractivity contribution in [1.82, 2.24) is 15.1 Å². The largest absolute Gasteiger partial charge is 0.486 e. The zero-order valence-corrected chi connectivity index (χ0v) is 18.1. The first kappa shape index (κ1) is 22.2. The molecule has 0 spiro atoms. The zero-order chi connectivity index (χ0) is 23.7. The molecule has 1 aliphatic carbocycles. The predicted octanol–water partition coefficient (Wildman–Crippen LogP) is 4.50. The number of carbonyl (C=O) groups excluding carboxylic acids is 1. The number of hydrogen-bond acceptors (Lipinski definition) is 6. The van der Waals surface area contributed by atoms with Gasteiger partial charge in [0.15, 0.2) is 23.0 Å². The van der Waals surface area contributed by atoms with Crippen molar-refractivity contribution in [3.8, 4) is 17.2 Å². The van der Waals surface area contributed by atoms with Gasteiger partial charge in [0, 0.05) is 30.8 Å². The van der Waals surface area contributed by atoms with E-state index in [0.29, 0.717) is 35.1 Å². The summed E-state index contributed by atoms with van der Waals surface area (Å²) >= 11 is 0. The maximum atomic E-state index is 13.0. The van der Waals surface area contributed by atoms with Crippen LogP contribution < -0.4 is 19.5 Å². The van der Waals surface area contributed by atoms with Crippen molar-refractivity contribution in [1.29, 1.82) is 0 Å². The minimum absolute atomic E-state index is 0.123. The second kappa shape index (κ2) is 8.96. The Morgan fingerprint density at radius 2 is 1.97 bits per heavy atom. The summed E-state index contributed by atoms with van der Waals surface area (Å²) in [4.78, 5) is 12.3. The van der Waals surface area contributed by atoms with Crippen molar-refractivity contribution < 1.29 is 36.6 Å². The second-order valence-corrected chi connectivity index (χ2v) is 8.13. The topological polar surface area (TPSA) is 87.8 Å². The summed E-state index contributed by atoms with van der Waals surface area (Å²) in [5, 5.41) is 6.44. The van der Waals surface area contributed by atoms with E-state index < -0.39 is 17.8 Å². The first-order valence-electron chi connectivity index (χ1n) is 10.9. The van der Waals surface area contributed by atoms with Crippen molar-refractivity contribution in [2.24, 2.45) is 0 Å². The van der Waals surface area contributed by atoms with Gasteiger partial charge >= 0.3 is 6.18 Å². The molecule has 1 aromatic carbocycles. The number of aryl methyl sites for hydroxylation is 1. The van der Waals surface area contributed by atoms with Crippen molar-refractivity contribution in [2.45, 2.75) is 44.5 Å². The first-order chi connectivity index (χ1) is 16.4. The molecule has 1 aliphatic heterocycles. The van der Waals surface area contributed by atoms with E-state index in [4.69, 9.17) is 18.6 Å². The summed E-state index contributed by atoms with van der Waals surface area (Å²) in [6.07, 6.45) is -2.28. The monoisotopic (exact) mass is 477 g/mol. The molecule has 5 rings (SSSR count). The van der Waals surface area contributed by atoms with Gasteiger partial charge in [-0.25, -0.2) is 0 Å². The molecule has 2 aliphatic rings. The van der Waals surface area contributed by atoms with Crippen LogP contribution in [0.1, 0.15) is 52.9 Å². The average molecular weight is 477 g/mol. The highest BCUT2D eigenvalue weighted by atomic mass is 19.4. The molecule has 0 unspecified atom stereocenters. The Kier molecular flexibility index (Phi) is 5.84. The average Bonchev–Trinajstić information content (AvgIpc) is 3.20. The van der Waals surface area contributed by atoms with Gasteiger partial charge in [0.2, 0.25) is 6.79 Å². The van der Waals surface area contributed by atoms with E-state index in [0.717, 1.165) is 18.9 Å². The Hall–Kier alpha value is -3.63. The third kappa shape index (κ3) is 4.97. The molecule has 11 heteroatoms. The number of benzene rings is 1. The number of furan rings is 1. The van der Waals surface area contributed by atoms with Gasteiger partial charge in [-0.3, -0.25) is 9.48 Å². The molecule has 3 heterocycles. The molecule has 3 aromatic rings. The van der Waals surface area contributed by atoms with E-state index in [-0.39, 0.29) is 38.2 Å². The molecular weight excluding hydrogens is 455 g/mol. The Bertz CT molecular complexity index is 1180. The minimum Gasteiger partial charge on any atom is -0.486 e. The van der Waals surface area contributed by atoms with E-state index in [1.165, 1.54) is 4.68 Å². The molecule has 1 fully saturated rings. The van der Waals surface area contributed by atoms with Crippen molar-refractivity contribution in [3.05, 3.63) is 59.3 Å². The highest BCUT2D eigenvalue weighted by Crippen LogP contribution is 2.42. The molecule has 1 amide bonds. The number of rotatable bonds is 9. The number of nitrogens with zero attached hydrogens (tertiary/aromatic N) is 2. The van der Waals surface area contributed by atoms with Crippen LogP contribution in [0.15, 0.2) is 40.8 Å². The summed E-state index contributed by atoms with van der Waals surface area (Å²) in [5.41, 5.74) is -0.263. The molecule has 34 heavy (non-hydrogen) atoms. The van der Waals surface area contributed by atoms with Crippen LogP contribution >= 0.6 is 0 Å². The Labute approximate surface area is 192 Å². The number of hydrogen-bond donors (Lipinski definition) is 1. The van der Waals surface area contributed by atoms with Crippen LogP contribution in [0.2, 0.25) is 0 Å². The van der Waals surface area contributed by atoms with E-state index in [2.05, 4.69) is 10.4 Å². The number of nitrogens with one attached hydrogen (secondary N) is 1. The van der Waals surface area contributed by atoms with Gasteiger partial charge in [-0.1, -0.05) is 0 Å². The number of ether oxygens (including phenoxy) is 3. The van der Waals surface area contributed by atoms with E-state index in [9.17, 15) is 18.0 Å². The van der Waals surface area contributed by atoms with Crippen LogP contribution in [-0.2, 0) is 19.3 Å². The fraction of sp³-hybridized carbons (Fsp3) is 0.391. The molecule has 0 saturated heterocycles. The highest BCUT2D eigenvalue weighted by Gasteiger charge is 2.37. The minimum atomic E-state index is -4.47. The van der Waals surface area contributed by atoms with Gasteiger partial charge in [-0.15, -0.1) is 0 Å². The molecular formula is C23H22F3N3O5. The fourth-order valence-corrected chi connectivity index (χ4v) is 3.67. The summed E-state index contributed by atoms with van der Waals surface area (Å²) in [6, 6.07) is 9.53. The smallest absolute Gasteiger partial charge is 0.435 e.